The molecule has 0 radical (unpaired) electrons. The number of thioether (sulfide) groups is 1. The average Bonchev–Trinajstić information content (AvgIpc) is 2.92. The Balaban J connectivity index is 1.71. The van der Waals surface area contributed by atoms with E-state index in [-0.39, 0.29) is 5.91 Å². The van der Waals surface area contributed by atoms with Crippen LogP contribution in [0.5, 0.6) is 0 Å². The van der Waals surface area contributed by atoms with Gasteiger partial charge in [-0.3, -0.25) is 9.89 Å². The van der Waals surface area contributed by atoms with Crippen molar-refractivity contribution in [3.05, 3.63) is 41.7 Å². The molecule has 1 aromatic carbocycles. The highest BCUT2D eigenvalue weighted by atomic mass is 32.2. The zero-order chi connectivity index (χ0) is 14.2. The van der Waals surface area contributed by atoms with Crippen molar-refractivity contribution < 1.29 is 4.79 Å². The molecular weight excluding hydrogens is 272 g/mol. The van der Waals surface area contributed by atoms with Gasteiger partial charge in [-0.15, -0.1) is 5.10 Å². The third-order valence-electron chi connectivity index (χ3n) is 2.66. The fraction of sp³-hybridized carbons (Fsp3) is 0.357. The van der Waals surface area contributed by atoms with E-state index < -0.39 is 0 Å². The minimum absolute atomic E-state index is 0.0132. The molecule has 106 valence electrons. The number of aromatic amines is 1. The minimum Gasteiger partial charge on any atom is -0.351 e. The largest absolute Gasteiger partial charge is 0.351 e. The topological polar surface area (TPSA) is 70.7 Å². The smallest absolute Gasteiger partial charge is 0.230 e. The molecule has 2 aromatic rings. The molecule has 0 saturated heterocycles. The summed E-state index contributed by atoms with van der Waals surface area (Å²) in [5, 5.41) is 10.5. The summed E-state index contributed by atoms with van der Waals surface area (Å²) in [6.07, 6.45) is 1.91. The first kappa shape index (κ1) is 14.6. The summed E-state index contributed by atoms with van der Waals surface area (Å²) in [6, 6.07) is 9.84. The number of carbonyl (C=O) groups is 1. The Bertz CT molecular complexity index is 541. The molecule has 0 fully saturated rings. The summed E-state index contributed by atoms with van der Waals surface area (Å²) < 4.78 is 0. The molecule has 0 aliphatic rings. The molecule has 0 saturated carbocycles. The van der Waals surface area contributed by atoms with Crippen molar-refractivity contribution in [2.24, 2.45) is 0 Å². The quantitative estimate of drug-likeness (QED) is 0.767. The van der Waals surface area contributed by atoms with Crippen molar-refractivity contribution >= 4 is 17.7 Å². The predicted molar refractivity (Wildman–Crippen MR) is 79.4 cm³/mol. The van der Waals surface area contributed by atoms with E-state index >= 15 is 0 Å². The van der Waals surface area contributed by atoms with Crippen LogP contribution in [-0.4, -0.2) is 26.8 Å². The Morgan fingerprint density at radius 1 is 1.35 bits per heavy atom. The first-order chi connectivity index (χ1) is 9.78. The van der Waals surface area contributed by atoms with E-state index in [1.807, 2.05) is 30.3 Å². The van der Waals surface area contributed by atoms with Crippen LogP contribution in [0.4, 0.5) is 0 Å². The number of carbonyl (C=O) groups excluding carboxylic acids is 1. The molecule has 0 aliphatic heterocycles. The van der Waals surface area contributed by atoms with E-state index in [9.17, 15) is 4.79 Å². The number of aromatic nitrogens is 3. The van der Waals surface area contributed by atoms with Gasteiger partial charge in [0.2, 0.25) is 11.1 Å². The predicted octanol–water partition coefficient (Wildman–Crippen LogP) is 2.17. The minimum atomic E-state index is -0.0132. The summed E-state index contributed by atoms with van der Waals surface area (Å²) in [7, 11) is 0. The monoisotopic (exact) mass is 290 g/mol. The van der Waals surface area contributed by atoms with Gasteiger partial charge in [-0.1, -0.05) is 49.0 Å². The number of hydrogen-bond donors (Lipinski definition) is 2. The second kappa shape index (κ2) is 7.69. The van der Waals surface area contributed by atoms with Gasteiger partial charge in [0, 0.05) is 13.0 Å². The Hall–Kier alpha value is -1.82. The lowest BCUT2D eigenvalue weighted by molar-refractivity contribution is -0.118. The van der Waals surface area contributed by atoms with Gasteiger partial charge in [0.25, 0.3) is 0 Å². The lowest BCUT2D eigenvalue weighted by Crippen LogP contribution is -2.24. The summed E-state index contributed by atoms with van der Waals surface area (Å²) in [5.74, 6) is 1.19. The van der Waals surface area contributed by atoms with E-state index in [0.717, 1.165) is 24.2 Å². The summed E-state index contributed by atoms with van der Waals surface area (Å²) in [4.78, 5) is 16.0. The summed E-state index contributed by atoms with van der Waals surface area (Å²) in [6.45, 7) is 2.64. The molecule has 2 N–H and O–H groups in total. The van der Waals surface area contributed by atoms with E-state index in [4.69, 9.17) is 0 Å². The molecule has 0 aliphatic carbocycles. The van der Waals surface area contributed by atoms with Gasteiger partial charge in [0.05, 0.1) is 5.75 Å². The molecule has 0 spiro atoms. The molecule has 0 atom stereocenters. The lowest BCUT2D eigenvalue weighted by Gasteiger charge is -2.03. The third kappa shape index (κ3) is 4.70. The van der Waals surface area contributed by atoms with Gasteiger partial charge in [-0.2, -0.15) is 0 Å². The van der Waals surface area contributed by atoms with Gasteiger partial charge >= 0.3 is 0 Å². The number of H-pyrrole nitrogens is 1. The highest BCUT2D eigenvalue weighted by Gasteiger charge is 2.07. The maximum absolute atomic E-state index is 11.7. The Morgan fingerprint density at radius 2 is 2.15 bits per heavy atom. The molecule has 1 aromatic heterocycles. The van der Waals surface area contributed by atoms with Crippen molar-refractivity contribution in [2.75, 3.05) is 5.75 Å². The van der Waals surface area contributed by atoms with E-state index in [0.29, 0.717) is 17.5 Å². The lowest BCUT2D eigenvalue weighted by atomic mass is 10.2. The first-order valence-corrected chi connectivity index (χ1v) is 7.61. The normalized spacial score (nSPS) is 10.4. The average molecular weight is 290 g/mol. The van der Waals surface area contributed by atoms with Crippen LogP contribution in [0.2, 0.25) is 0 Å². The van der Waals surface area contributed by atoms with Crippen LogP contribution in [0.1, 0.15) is 24.7 Å². The van der Waals surface area contributed by atoms with Crippen LogP contribution in [-0.2, 0) is 17.8 Å². The number of nitrogens with zero attached hydrogens (tertiary/aromatic N) is 2. The zero-order valence-corrected chi connectivity index (χ0v) is 12.2. The van der Waals surface area contributed by atoms with Gasteiger partial charge in [-0.25, -0.2) is 4.98 Å². The number of amides is 1. The van der Waals surface area contributed by atoms with Gasteiger partial charge in [-0.05, 0) is 12.0 Å². The van der Waals surface area contributed by atoms with E-state index in [1.165, 1.54) is 11.8 Å². The molecule has 0 unspecified atom stereocenters. The highest BCUT2D eigenvalue weighted by molar-refractivity contribution is 7.99. The molecule has 0 bridgehead atoms. The number of rotatable bonds is 7. The Kier molecular flexibility index (Phi) is 5.61. The van der Waals surface area contributed by atoms with Crippen LogP contribution in [0.25, 0.3) is 0 Å². The fourth-order valence-corrected chi connectivity index (χ4v) is 2.32. The third-order valence-corrected chi connectivity index (χ3v) is 3.51. The number of benzene rings is 1. The second-order valence-electron chi connectivity index (χ2n) is 4.37. The Morgan fingerprint density at radius 3 is 2.90 bits per heavy atom. The second-order valence-corrected chi connectivity index (χ2v) is 5.31. The van der Waals surface area contributed by atoms with Crippen LogP contribution in [0.15, 0.2) is 35.5 Å². The summed E-state index contributed by atoms with van der Waals surface area (Å²) >= 11 is 1.34. The first-order valence-electron chi connectivity index (χ1n) is 6.62. The number of nitrogens with one attached hydrogen (secondary N) is 2. The zero-order valence-electron chi connectivity index (χ0n) is 11.4. The molecule has 1 amide bonds. The van der Waals surface area contributed by atoms with Crippen molar-refractivity contribution in [3.63, 3.8) is 0 Å². The number of hydrogen-bond acceptors (Lipinski definition) is 4. The molecule has 20 heavy (non-hydrogen) atoms. The van der Waals surface area contributed by atoms with Gasteiger partial charge < -0.3 is 5.32 Å². The van der Waals surface area contributed by atoms with Crippen LogP contribution < -0.4 is 5.32 Å². The SMILES string of the molecule is CCCc1nc(SCC(=O)NCc2ccccc2)n[nH]1. The maximum atomic E-state index is 11.7. The highest BCUT2D eigenvalue weighted by Crippen LogP contribution is 2.12. The fourth-order valence-electron chi connectivity index (χ4n) is 1.67. The van der Waals surface area contributed by atoms with E-state index in [1.54, 1.807) is 0 Å². The van der Waals surface area contributed by atoms with Crippen molar-refractivity contribution in [3.8, 4) is 0 Å². The molecule has 5 nitrogen and oxygen atoms in total. The van der Waals surface area contributed by atoms with Crippen LogP contribution in [0, 0.1) is 0 Å². The molecule has 1 heterocycles. The van der Waals surface area contributed by atoms with Crippen molar-refractivity contribution in [2.45, 2.75) is 31.5 Å². The van der Waals surface area contributed by atoms with Crippen LogP contribution in [0.3, 0.4) is 0 Å². The van der Waals surface area contributed by atoms with E-state index in [2.05, 4.69) is 27.4 Å². The Labute approximate surface area is 122 Å². The number of aryl methyl sites for hydroxylation is 1. The molecule has 6 heteroatoms. The maximum Gasteiger partial charge on any atom is 0.230 e. The molecule has 2 rings (SSSR count). The molecular formula is C14H18N4OS. The van der Waals surface area contributed by atoms with Crippen molar-refractivity contribution in [1.82, 2.24) is 20.5 Å². The van der Waals surface area contributed by atoms with Gasteiger partial charge in [0.15, 0.2) is 0 Å². The van der Waals surface area contributed by atoms with Gasteiger partial charge in [0.1, 0.15) is 5.82 Å². The van der Waals surface area contributed by atoms with Crippen molar-refractivity contribution in [1.29, 1.82) is 0 Å². The standard InChI is InChI=1S/C14H18N4OS/c1-2-6-12-16-14(18-17-12)20-10-13(19)15-9-11-7-4-3-5-8-11/h3-5,7-8H,2,6,9-10H2,1H3,(H,15,19)(H,16,17,18). The van der Waals surface area contributed by atoms with Crippen LogP contribution >= 0.6 is 11.8 Å². The summed E-state index contributed by atoms with van der Waals surface area (Å²) in [5.41, 5.74) is 1.09.